The predicted octanol–water partition coefficient (Wildman–Crippen LogP) is 2.63. The summed E-state index contributed by atoms with van der Waals surface area (Å²) in [5.41, 5.74) is 8.69. The molecule has 0 saturated heterocycles. The van der Waals surface area contributed by atoms with Gasteiger partial charge in [-0.25, -0.2) is 4.68 Å². The minimum Gasteiger partial charge on any atom is -0.497 e. The number of hydrogen-bond acceptors (Lipinski definition) is 6. The van der Waals surface area contributed by atoms with E-state index in [0.717, 1.165) is 11.3 Å². The number of nitrogen functional groups attached to an aromatic ring is 1. The van der Waals surface area contributed by atoms with Crippen LogP contribution in [0.3, 0.4) is 0 Å². The van der Waals surface area contributed by atoms with Gasteiger partial charge in [-0.05, 0) is 31.0 Å². The fourth-order valence-electron chi connectivity index (χ4n) is 3.26. The number of anilines is 1. The smallest absolute Gasteiger partial charge is 0.224 e. The molecule has 1 aromatic heterocycles. The summed E-state index contributed by atoms with van der Waals surface area (Å²) in [4.78, 5) is 12.3. The van der Waals surface area contributed by atoms with Crippen molar-refractivity contribution < 1.29 is 14.3 Å². The molecule has 1 heterocycles. The van der Waals surface area contributed by atoms with Gasteiger partial charge in [0.2, 0.25) is 5.91 Å². The van der Waals surface area contributed by atoms with E-state index >= 15 is 0 Å². The first-order chi connectivity index (χ1) is 15.1. The van der Waals surface area contributed by atoms with E-state index in [4.69, 9.17) is 15.2 Å². The molecule has 0 spiro atoms. The molecule has 0 atom stereocenters. The minimum absolute atomic E-state index is 0.113. The van der Waals surface area contributed by atoms with E-state index in [0.29, 0.717) is 48.0 Å². The highest BCUT2D eigenvalue weighted by Gasteiger charge is 2.16. The van der Waals surface area contributed by atoms with E-state index in [1.807, 2.05) is 36.4 Å². The Morgan fingerprint density at radius 3 is 2.65 bits per heavy atom. The molecular formula is C23H25N5O3. The number of nitrogens with one attached hydrogen (secondary N) is 1. The number of methoxy groups -OCH3 is 2. The van der Waals surface area contributed by atoms with E-state index in [1.165, 1.54) is 0 Å². The van der Waals surface area contributed by atoms with Gasteiger partial charge in [0.25, 0.3) is 0 Å². The average molecular weight is 419 g/mol. The highest BCUT2D eigenvalue weighted by Crippen LogP contribution is 2.25. The number of benzene rings is 2. The Morgan fingerprint density at radius 1 is 1.19 bits per heavy atom. The average Bonchev–Trinajstić information content (AvgIpc) is 3.12. The summed E-state index contributed by atoms with van der Waals surface area (Å²) >= 11 is 0. The Labute approximate surface area is 181 Å². The Hall–Kier alpha value is -3.99. The van der Waals surface area contributed by atoms with Gasteiger partial charge in [0, 0.05) is 18.2 Å². The van der Waals surface area contributed by atoms with Crippen LogP contribution in [0.4, 0.5) is 5.82 Å². The maximum absolute atomic E-state index is 12.3. The number of nitrogens with two attached hydrogens (primary N) is 1. The molecule has 3 aromatic rings. The molecule has 3 N–H and O–H groups in total. The molecule has 0 fully saturated rings. The SMILES string of the molecule is COc1ccc(CC(=O)NCCCc2nn(-c3ccccc3)c(N)c2C#N)c(OC)c1. The number of rotatable bonds is 9. The standard InChI is InChI=1S/C23H25N5O3/c1-30-18-11-10-16(21(14-18)31-2)13-22(29)26-12-6-9-20-19(15-24)23(25)28(27-20)17-7-4-3-5-8-17/h3-5,7-8,10-11,14H,6,9,12-13,25H2,1-2H3,(H,26,29). The molecule has 0 radical (unpaired) electrons. The second kappa shape index (κ2) is 10.2. The topological polar surface area (TPSA) is 115 Å². The van der Waals surface area contributed by atoms with Gasteiger partial charge < -0.3 is 20.5 Å². The van der Waals surface area contributed by atoms with Crippen LogP contribution in [0.1, 0.15) is 23.2 Å². The van der Waals surface area contributed by atoms with Gasteiger partial charge >= 0.3 is 0 Å². The van der Waals surface area contributed by atoms with Gasteiger partial charge in [-0.1, -0.05) is 24.3 Å². The molecule has 0 aliphatic heterocycles. The van der Waals surface area contributed by atoms with Gasteiger partial charge in [0.1, 0.15) is 28.9 Å². The molecule has 0 unspecified atom stereocenters. The molecule has 1 amide bonds. The van der Waals surface area contributed by atoms with Crippen molar-refractivity contribution in [3.8, 4) is 23.3 Å². The van der Waals surface area contributed by atoms with Gasteiger partial charge in [0.15, 0.2) is 0 Å². The number of nitriles is 1. The molecule has 0 bridgehead atoms. The third kappa shape index (κ3) is 5.14. The fraction of sp³-hybridized carbons (Fsp3) is 0.261. The Balaban J connectivity index is 1.56. The lowest BCUT2D eigenvalue weighted by Crippen LogP contribution is -2.26. The predicted molar refractivity (Wildman–Crippen MR) is 117 cm³/mol. The van der Waals surface area contributed by atoms with Gasteiger partial charge in [-0.15, -0.1) is 0 Å². The van der Waals surface area contributed by atoms with Crippen molar-refractivity contribution in [3.63, 3.8) is 0 Å². The summed E-state index contributed by atoms with van der Waals surface area (Å²) < 4.78 is 12.1. The van der Waals surface area contributed by atoms with E-state index < -0.39 is 0 Å². The molecule has 160 valence electrons. The second-order valence-electron chi connectivity index (χ2n) is 6.87. The molecule has 0 saturated carbocycles. The maximum Gasteiger partial charge on any atom is 0.224 e. The summed E-state index contributed by atoms with van der Waals surface area (Å²) in [5.74, 6) is 1.48. The number of carbonyl (C=O) groups excluding carboxylic acids is 1. The zero-order valence-corrected chi connectivity index (χ0v) is 17.6. The maximum atomic E-state index is 12.3. The van der Waals surface area contributed by atoms with Crippen molar-refractivity contribution in [1.82, 2.24) is 15.1 Å². The molecule has 0 aliphatic carbocycles. The summed E-state index contributed by atoms with van der Waals surface area (Å²) in [6.45, 7) is 0.459. The number of aryl methyl sites for hydroxylation is 1. The monoisotopic (exact) mass is 419 g/mol. The van der Waals surface area contributed by atoms with Crippen LogP contribution < -0.4 is 20.5 Å². The lowest BCUT2D eigenvalue weighted by molar-refractivity contribution is -0.120. The normalized spacial score (nSPS) is 10.4. The quantitative estimate of drug-likeness (QED) is 0.515. The van der Waals surface area contributed by atoms with Crippen molar-refractivity contribution in [2.75, 3.05) is 26.5 Å². The Kier molecular flexibility index (Phi) is 7.12. The number of amides is 1. The van der Waals surface area contributed by atoms with Crippen LogP contribution in [0.15, 0.2) is 48.5 Å². The number of ether oxygens (including phenoxy) is 2. The van der Waals surface area contributed by atoms with E-state index in [2.05, 4.69) is 16.5 Å². The Bertz CT molecular complexity index is 1090. The first kappa shape index (κ1) is 21.7. The second-order valence-corrected chi connectivity index (χ2v) is 6.87. The zero-order valence-electron chi connectivity index (χ0n) is 17.6. The van der Waals surface area contributed by atoms with Crippen molar-refractivity contribution in [1.29, 1.82) is 5.26 Å². The zero-order chi connectivity index (χ0) is 22.2. The highest BCUT2D eigenvalue weighted by atomic mass is 16.5. The van der Waals surface area contributed by atoms with Crippen LogP contribution in [0.2, 0.25) is 0 Å². The van der Waals surface area contributed by atoms with Crippen molar-refractivity contribution in [2.45, 2.75) is 19.3 Å². The molecule has 3 rings (SSSR count). The minimum atomic E-state index is -0.113. The van der Waals surface area contributed by atoms with Gasteiger partial charge in [-0.2, -0.15) is 10.4 Å². The van der Waals surface area contributed by atoms with Crippen LogP contribution >= 0.6 is 0 Å². The first-order valence-electron chi connectivity index (χ1n) is 9.87. The summed E-state index contributed by atoms with van der Waals surface area (Å²) in [7, 11) is 3.14. The summed E-state index contributed by atoms with van der Waals surface area (Å²) in [6.07, 6.45) is 1.36. The Morgan fingerprint density at radius 2 is 1.97 bits per heavy atom. The van der Waals surface area contributed by atoms with E-state index in [1.54, 1.807) is 31.0 Å². The van der Waals surface area contributed by atoms with Gasteiger partial charge in [0.05, 0.1) is 32.0 Å². The van der Waals surface area contributed by atoms with Gasteiger partial charge in [-0.3, -0.25) is 4.79 Å². The molecule has 8 heteroatoms. The number of hydrogen-bond donors (Lipinski definition) is 2. The third-order valence-electron chi connectivity index (χ3n) is 4.86. The summed E-state index contributed by atoms with van der Waals surface area (Å²) in [5, 5.41) is 16.9. The molecular weight excluding hydrogens is 394 g/mol. The molecule has 0 aliphatic rings. The number of para-hydroxylation sites is 1. The van der Waals surface area contributed by atoms with Crippen LogP contribution in [-0.2, 0) is 17.6 Å². The highest BCUT2D eigenvalue weighted by molar-refractivity contribution is 5.79. The lowest BCUT2D eigenvalue weighted by atomic mass is 10.1. The van der Waals surface area contributed by atoms with E-state index in [-0.39, 0.29) is 12.3 Å². The van der Waals surface area contributed by atoms with Crippen LogP contribution in [0, 0.1) is 11.3 Å². The summed E-state index contributed by atoms with van der Waals surface area (Å²) in [6, 6.07) is 16.9. The van der Waals surface area contributed by atoms with Crippen LogP contribution in [0.5, 0.6) is 11.5 Å². The third-order valence-corrected chi connectivity index (χ3v) is 4.86. The molecule has 31 heavy (non-hydrogen) atoms. The molecule has 2 aromatic carbocycles. The number of aromatic nitrogens is 2. The molecule has 8 nitrogen and oxygen atoms in total. The fourth-order valence-corrected chi connectivity index (χ4v) is 3.26. The van der Waals surface area contributed by atoms with Crippen molar-refractivity contribution in [2.24, 2.45) is 0 Å². The largest absolute Gasteiger partial charge is 0.497 e. The van der Waals surface area contributed by atoms with Crippen molar-refractivity contribution >= 4 is 11.7 Å². The van der Waals surface area contributed by atoms with Crippen LogP contribution in [0.25, 0.3) is 5.69 Å². The van der Waals surface area contributed by atoms with Crippen molar-refractivity contribution in [3.05, 3.63) is 65.4 Å². The van der Waals surface area contributed by atoms with Crippen LogP contribution in [-0.4, -0.2) is 36.5 Å². The number of carbonyl (C=O) groups is 1. The lowest BCUT2D eigenvalue weighted by Gasteiger charge is -2.10. The first-order valence-corrected chi connectivity index (χ1v) is 9.87. The number of nitrogens with zero attached hydrogens (tertiary/aromatic N) is 3. The van der Waals surface area contributed by atoms with E-state index in [9.17, 15) is 10.1 Å².